The van der Waals surface area contributed by atoms with Gasteiger partial charge < -0.3 is 9.84 Å². The van der Waals surface area contributed by atoms with E-state index >= 15 is 0 Å². The molecule has 0 bridgehead atoms. The third-order valence-corrected chi connectivity index (χ3v) is 3.86. The first-order valence-corrected chi connectivity index (χ1v) is 7.50. The van der Waals surface area contributed by atoms with Crippen molar-refractivity contribution in [2.45, 2.75) is 12.7 Å². The first kappa shape index (κ1) is 13.6. The molecule has 0 radical (unpaired) electrons. The summed E-state index contributed by atoms with van der Waals surface area (Å²) in [4.78, 5) is 0. The summed E-state index contributed by atoms with van der Waals surface area (Å²) in [6, 6.07) is 1.51. The molecule has 0 saturated carbocycles. The van der Waals surface area contributed by atoms with Crippen molar-refractivity contribution < 1.29 is 18.3 Å². The van der Waals surface area contributed by atoms with E-state index in [-0.39, 0.29) is 17.1 Å². The SMILES string of the molecule is COc1c(C)c(Br)cc(CS(=O)(=O)Cl)c1O. The van der Waals surface area contributed by atoms with Gasteiger partial charge in [-0.15, -0.1) is 0 Å². The summed E-state index contributed by atoms with van der Waals surface area (Å²) >= 11 is 3.25. The second-order valence-electron chi connectivity index (χ2n) is 3.21. The monoisotopic (exact) mass is 328 g/mol. The third kappa shape index (κ3) is 3.02. The van der Waals surface area contributed by atoms with Crippen molar-refractivity contribution in [2.24, 2.45) is 0 Å². The molecule has 0 aliphatic heterocycles. The van der Waals surface area contributed by atoms with E-state index < -0.39 is 14.8 Å². The molecule has 0 atom stereocenters. The number of phenols is 1. The Balaban J connectivity index is 3.37. The van der Waals surface area contributed by atoms with Crippen LogP contribution in [0.5, 0.6) is 11.5 Å². The third-order valence-electron chi connectivity index (χ3n) is 2.05. The molecule has 1 aromatic carbocycles. The largest absolute Gasteiger partial charge is 0.504 e. The van der Waals surface area contributed by atoms with E-state index in [9.17, 15) is 13.5 Å². The molecular weight excluding hydrogens is 320 g/mol. The lowest BCUT2D eigenvalue weighted by Gasteiger charge is -2.12. The first-order chi connectivity index (χ1) is 7.26. The van der Waals surface area contributed by atoms with Gasteiger partial charge >= 0.3 is 0 Å². The fraction of sp³-hybridized carbons (Fsp3) is 0.333. The van der Waals surface area contributed by atoms with Gasteiger partial charge in [0.15, 0.2) is 11.5 Å². The number of hydrogen-bond acceptors (Lipinski definition) is 4. The summed E-state index contributed by atoms with van der Waals surface area (Å²) in [7, 11) is 2.81. The van der Waals surface area contributed by atoms with Gasteiger partial charge in [-0.1, -0.05) is 15.9 Å². The van der Waals surface area contributed by atoms with Crippen LogP contribution in [0, 0.1) is 6.92 Å². The van der Waals surface area contributed by atoms with Gasteiger partial charge in [0, 0.05) is 26.3 Å². The predicted molar refractivity (Wildman–Crippen MR) is 65.6 cm³/mol. The van der Waals surface area contributed by atoms with E-state index in [1.807, 2.05) is 0 Å². The number of phenolic OH excluding ortho intramolecular Hbond substituents is 1. The van der Waals surface area contributed by atoms with Crippen LogP contribution >= 0.6 is 26.6 Å². The van der Waals surface area contributed by atoms with Gasteiger partial charge in [-0.25, -0.2) is 8.42 Å². The van der Waals surface area contributed by atoms with Gasteiger partial charge in [-0.2, -0.15) is 0 Å². The zero-order valence-corrected chi connectivity index (χ0v) is 11.8. The molecule has 1 rings (SSSR count). The lowest BCUT2D eigenvalue weighted by Crippen LogP contribution is -1.99. The zero-order valence-electron chi connectivity index (χ0n) is 8.62. The van der Waals surface area contributed by atoms with Crippen molar-refractivity contribution in [1.82, 2.24) is 0 Å². The van der Waals surface area contributed by atoms with Crippen molar-refractivity contribution >= 4 is 35.7 Å². The number of aromatic hydroxyl groups is 1. The Morgan fingerprint density at radius 1 is 1.56 bits per heavy atom. The highest BCUT2D eigenvalue weighted by molar-refractivity contribution is 9.10. The molecule has 0 aliphatic carbocycles. The number of benzene rings is 1. The number of rotatable bonds is 3. The Kier molecular flexibility index (Phi) is 4.09. The summed E-state index contributed by atoms with van der Waals surface area (Å²) in [6.45, 7) is 1.74. The normalized spacial score (nSPS) is 11.5. The van der Waals surface area contributed by atoms with Gasteiger partial charge in [0.1, 0.15) is 0 Å². The quantitative estimate of drug-likeness (QED) is 0.866. The summed E-state index contributed by atoms with van der Waals surface area (Å²) in [5, 5.41) is 9.79. The highest BCUT2D eigenvalue weighted by atomic mass is 79.9. The maximum Gasteiger partial charge on any atom is 0.236 e. The van der Waals surface area contributed by atoms with Crippen molar-refractivity contribution in [3.8, 4) is 11.5 Å². The van der Waals surface area contributed by atoms with E-state index in [0.29, 0.717) is 10.0 Å². The fourth-order valence-corrected chi connectivity index (χ4v) is 2.71. The maximum absolute atomic E-state index is 10.9. The van der Waals surface area contributed by atoms with Gasteiger partial charge in [-0.3, -0.25) is 0 Å². The lowest BCUT2D eigenvalue weighted by atomic mass is 10.1. The molecule has 16 heavy (non-hydrogen) atoms. The Labute approximate surface area is 107 Å². The number of halogens is 2. The van der Waals surface area contributed by atoms with E-state index in [0.717, 1.165) is 0 Å². The van der Waals surface area contributed by atoms with Crippen molar-refractivity contribution in [3.63, 3.8) is 0 Å². The Morgan fingerprint density at radius 2 is 2.12 bits per heavy atom. The van der Waals surface area contributed by atoms with Gasteiger partial charge in [0.25, 0.3) is 0 Å². The standard InChI is InChI=1S/C9H10BrClO4S/c1-5-7(10)3-6(4-16(11,13)14)8(12)9(5)15-2/h3,12H,4H2,1-2H3. The van der Waals surface area contributed by atoms with Crippen LogP contribution in [-0.2, 0) is 14.8 Å². The van der Waals surface area contributed by atoms with Crippen LogP contribution in [-0.4, -0.2) is 20.6 Å². The van der Waals surface area contributed by atoms with E-state index in [2.05, 4.69) is 15.9 Å². The predicted octanol–water partition coefficient (Wildman–Crippen LogP) is 2.54. The molecule has 0 unspecified atom stereocenters. The smallest absolute Gasteiger partial charge is 0.236 e. The van der Waals surface area contributed by atoms with E-state index in [1.54, 1.807) is 6.92 Å². The molecule has 0 aromatic heterocycles. The van der Waals surface area contributed by atoms with Crippen LogP contribution < -0.4 is 4.74 Å². The topological polar surface area (TPSA) is 63.6 Å². The second kappa shape index (κ2) is 4.81. The average molecular weight is 330 g/mol. The molecule has 1 N–H and O–H groups in total. The minimum Gasteiger partial charge on any atom is -0.504 e. The Hall–Kier alpha value is -0.460. The fourth-order valence-electron chi connectivity index (χ4n) is 1.31. The minimum atomic E-state index is -3.72. The van der Waals surface area contributed by atoms with Crippen LogP contribution in [0.1, 0.15) is 11.1 Å². The molecule has 0 heterocycles. The Bertz CT molecular complexity index is 513. The number of hydrogen-bond donors (Lipinski definition) is 1. The molecule has 4 nitrogen and oxygen atoms in total. The highest BCUT2D eigenvalue weighted by Gasteiger charge is 2.18. The summed E-state index contributed by atoms with van der Waals surface area (Å²) < 4.78 is 27.5. The molecule has 1 aromatic rings. The van der Waals surface area contributed by atoms with Crippen LogP contribution in [0.2, 0.25) is 0 Å². The zero-order chi connectivity index (χ0) is 12.5. The van der Waals surface area contributed by atoms with Gasteiger partial charge in [0.2, 0.25) is 9.05 Å². The minimum absolute atomic E-state index is 0.198. The molecule has 90 valence electrons. The molecule has 0 fully saturated rings. The van der Waals surface area contributed by atoms with Gasteiger partial charge in [-0.05, 0) is 13.0 Å². The Morgan fingerprint density at radius 3 is 2.56 bits per heavy atom. The van der Waals surface area contributed by atoms with E-state index in [1.165, 1.54) is 13.2 Å². The van der Waals surface area contributed by atoms with Crippen LogP contribution in [0.4, 0.5) is 0 Å². The second-order valence-corrected chi connectivity index (χ2v) is 6.84. The van der Waals surface area contributed by atoms with Crippen LogP contribution in [0.3, 0.4) is 0 Å². The van der Waals surface area contributed by atoms with Crippen molar-refractivity contribution in [3.05, 3.63) is 21.7 Å². The van der Waals surface area contributed by atoms with E-state index in [4.69, 9.17) is 15.4 Å². The van der Waals surface area contributed by atoms with Crippen molar-refractivity contribution in [2.75, 3.05) is 7.11 Å². The molecule has 0 spiro atoms. The molecular formula is C9H10BrClO4S. The van der Waals surface area contributed by atoms with Crippen molar-refractivity contribution in [1.29, 1.82) is 0 Å². The molecule has 0 amide bonds. The summed E-state index contributed by atoms with van der Waals surface area (Å²) in [5.41, 5.74) is 0.889. The highest BCUT2D eigenvalue weighted by Crippen LogP contribution is 2.39. The number of methoxy groups -OCH3 is 1. The van der Waals surface area contributed by atoms with Crippen LogP contribution in [0.25, 0.3) is 0 Å². The molecule has 7 heteroatoms. The molecule has 0 aliphatic rings. The van der Waals surface area contributed by atoms with Crippen LogP contribution in [0.15, 0.2) is 10.5 Å². The van der Waals surface area contributed by atoms with Gasteiger partial charge in [0.05, 0.1) is 12.9 Å². The summed E-state index contributed by atoms with van der Waals surface area (Å²) in [6.07, 6.45) is 0. The lowest BCUT2D eigenvalue weighted by molar-refractivity contribution is 0.368. The maximum atomic E-state index is 10.9. The average Bonchev–Trinajstić information content (AvgIpc) is 2.13. The first-order valence-electron chi connectivity index (χ1n) is 4.23. The summed E-state index contributed by atoms with van der Waals surface area (Å²) in [5.74, 6) is -0.410. The molecule has 0 saturated heterocycles. The number of ether oxygens (including phenoxy) is 1.